The topological polar surface area (TPSA) is 58.6 Å². The third-order valence-corrected chi connectivity index (χ3v) is 4.03. The first kappa shape index (κ1) is 13.5. The van der Waals surface area contributed by atoms with Gasteiger partial charge in [0.05, 0.1) is 15.7 Å². The largest absolute Gasteiger partial charge is 0.505 e. The smallest absolute Gasteiger partial charge is 0.316 e. The summed E-state index contributed by atoms with van der Waals surface area (Å²) in [5.74, 6) is -0.214. The first-order valence-electron chi connectivity index (χ1n) is 4.64. The minimum Gasteiger partial charge on any atom is -0.505 e. The maximum Gasteiger partial charge on any atom is 0.316 e. The van der Waals surface area contributed by atoms with Gasteiger partial charge in [-0.1, -0.05) is 23.2 Å². The lowest BCUT2D eigenvalue weighted by Crippen LogP contribution is -2.10. The molecule has 0 amide bonds. The highest BCUT2D eigenvalue weighted by molar-refractivity contribution is 7.82. The molecule has 2 N–H and O–H groups in total. The first-order valence-corrected chi connectivity index (χ1v) is 7.35. The van der Waals surface area contributed by atoms with Crippen LogP contribution in [-0.2, 0) is 11.3 Å². The highest BCUT2D eigenvalue weighted by Crippen LogP contribution is 2.34. The van der Waals surface area contributed by atoms with Crippen molar-refractivity contribution in [2.45, 2.75) is 0 Å². The van der Waals surface area contributed by atoms with Gasteiger partial charge in [0.1, 0.15) is 0 Å². The summed E-state index contributed by atoms with van der Waals surface area (Å²) in [5.41, 5.74) is 0.387. The molecule has 1 unspecified atom stereocenters. The molecular formula is C10H7Cl2NO3S2. The van der Waals surface area contributed by atoms with Crippen molar-refractivity contribution in [2.75, 3.05) is 4.72 Å². The van der Waals surface area contributed by atoms with Crippen LogP contribution >= 0.6 is 34.5 Å². The standard InChI is InChI=1S/C10H7Cl2NO3S2/c11-7-4-6(5-8(12)10(7)14)13-18(15)16-9-2-1-3-17-9/h1-5,13-14H. The van der Waals surface area contributed by atoms with E-state index in [1.807, 2.05) is 0 Å². The Morgan fingerprint density at radius 3 is 2.56 bits per heavy atom. The van der Waals surface area contributed by atoms with Crippen LogP contribution in [0.1, 0.15) is 0 Å². The molecule has 0 aliphatic heterocycles. The molecule has 0 radical (unpaired) electrons. The van der Waals surface area contributed by atoms with Crippen LogP contribution in [0.5, 0.6) is 10.8 Å². The van der Waals surface area contributed by atoms with E-state index in [9.17, 15) is 9.32 Å². The molecular weight excluding hydrogens is 317 g/mol. The SMILES string of the molecule is O=S(Nc1cc(Cl)c(O)c(Cl)c1)Oc1cccs1. The van der Waals surface area contributed by atoms with Crippen LogP contribution in [0.25, 0.3) is 0 Å². The molecule has 18 heavy (non-hydrogen) atoms. The van der Waals surface area contributed by atoms with Gasteiger partial charge in [0, 0.05) is 0 Å². The van der Waals surface area contributed by atoms with Gasteiger partial charge in [-0.15, -0.1) is 11.3 Å². The second kappa shape index (κ2) is 5.79. The summed E-state index contributed by atoms with van der Waals surface area (Å²) in [5, 5.41) is 11.8. The lowest BCUT2D eigenvalue weighted by atomic mass is 10.3. The van der Waals surface area contributed by atoms with Crippen LogP contribution in [-0.4, -0.2) is 9.32 Å². The number of hydrogen-bond donors (Lipinski definition) is 2. The molecule has 0 spiro atoms. The molecule has 0 saturated heterocycles. The number of rotatable bonds is 4. The minimum atomic E-state index is -1.76. The number of thiophene rings is 1. The van der Waals surface area contributed by atoms with Crippen molar-refractivity contribution in [3.05, 3.63) is 39.7 Å². The number of benzene rings is 1. The Kier molecular flexibility index (Phi) is 4.34. The predicted octanol–water partition coefficient (Wildman–Crippen LogP) is 3.83. The average molecular weight is 324 g/mol. The van der Waals surface area contributed by atoms with Crippen LogP contribution in [0, 0.1) is 0 Å². The molecule has 4 nitrogen and oxygen atoms in total. The van der Waals surface area contributed by atoms with Gasteiger partial charge in [0.25, 0.3) is 0 Å². The fourth-order valence-electron chi connectivity index (χ4n) is 1.13. The Labute approximate surface area is 120 Å². The Hall–Kier alpha value is -0.950. The number of anilines is 1. The normalized spacial score (nSPS) is 12.1. The summed E-state index contributed by atoms with van der Waals surface area (Å²) < 4.78 is 19.3. The van der Waals surface area contributed by atoms with Crippen LogP contribution in [0.3, 0.4) is 0 Å². The van der Waals surface area contributed by atoms with Crippen LogP contribution < -0.4 is 8.91 Å². The van der Waals surface area contributed by atoms with E-state index in [-0.39, 0.29) is 15.8 Å². The number of phenolic OH excluding ortho intramolecular Hbond substituents is 1. The van der Waals surface area contributed by atoms with E-state index in [2.05, 4.69) is 4.72 Å². The molecule has 8 heteroatoms. The second-order valence-electron chi connectivity index (χ2n) is 3.14. The van der Waals surface area contributed by atoms with Crippen molar-refractivity contribution in [3.8, 4) is 10.8 Å². The lowest BCUT2D eigenvalue weighted by Gasteiger charge is -2.07. The Morgan fingerprint density at radius 1 is 1.33 bits per heavy atom. The van der Waals surface area contributed by atoms with E-state index in [4.69, 9.17) is 27.4 Å². The molecule has 1 aromatic heterocycles. The van der Waals surface area contributed by atoms with Crippen molar-refractivity contribution >= 4 is 51.5 Å². The lowest BCUT2D eigenvalue weighted by molar-refractivity contribution is 0.476. The molecule has 1 atom stereocenters. The molecule has 2 aromatic rings. The molecule has 0 saturated carbocycles. The monoisotopic (exact) mass is 323 g/mol. The van der Waals surface area contributed by atoms with E-state index < -0.39 is 11.3 Å². The predicted molar refractivity (Wildman–Crippen MR) is 74.8 cm³/mol. The van der Waals surface area contributed by atoms with Gasteiger partial charge in [-0.3, -0.25) is 4.72 Å². The molecule has 1 heterocycles. The van der Waals surface area contributed by atoms with Crippen molar-refractivity contribution in [1.29, 1.82) is 0 Å². The number of hydrogen-bond acceptors (Lipinski definition) is 4. The number of phenols is 1. The fourth-order valence-corrected chi connectivity index (χ4v) is 2.96. The maximum absolute atomic E-state index is 11.6. The van der Waals surface area contributed by atoms with Gasteiger partial charge in [-0.05, 0) is 29.6 Å². The third kappa shape index (κ3) is 3.29. The van der Waals surface area contributed by atoms with Crippen molar-refractivity contribution in [1.82, 2.24) is 0 Å². The molecule has 0 fully saturated rings. The number of nitrogens with one attached hydrogen (secondary N) is 1. The second-order valence-corrected chi connectivity index (χ2v) is 5.71. The summed E-state index contributed by atoms with van der Waals surface area (Å²) in [7, 11) is 0. The van der Waals surface area contributed by atoms with Crippen molar-refractivity contribution < 1.29 is 13.5 Å². The molecule has 96 valence electrons. The number of halogens is 2. The Bertz CT molecular complexity index is 552. The Morgan fingerprint density at radius 2 is 2.00 bits per heavy atom. The summed E-state index contributed by atoms with van der Waals surface area (Å²) in [6.07, 6.45) is 0. The van der Waals surface area contributed by atoms with Crippen LogP contribution in [0.15, 0.2) is 29.6 Å². The highest BCUT2D eigenvalue weighted by atomic mass is 35.5. The quantitative estimate of drug-likeness (QED) is 0.840. The molecule has 0 aliphatic rings. The van der Waals surface area contributed by atoms with Gasteiger partial charge in [0.15, 0.2) is 10.8 Å². The summed E-state index contributed by atoms with van der Waals surface area (Å²) in [4.78, 5) is 0. The van der Waals surface area contributed by atoms with E-state index in [1.54, 1.807) is 17.5 Å². The molecule has 2 rings (SSSR count). The van der Waals surface area contributed by atoms with Crippen LogP contribution in [0.2, 0.25) is 10.0 Å². The minimum absolute atomic E-state index is 0.0677. The maximum atomic E-state index is 11.6. The summed E-state index contributed by atoms with van der Waals surface area (Å²) >= 11 is 11.0. The zero-order valence-electron chi connectivity index (χ0n) is 8.72. The fraction of sp³-hybridized carbons (Fsp3) is 0. The zero-order chi connectivity index (χ0) is 13.1. The summed E-state index contributed by atoms with van der Waals surface area (Å²) in [6.45, 7) is 0. The molecule has 1 aromatic carbocycles. The van der Waals surface area contributed by atoms with Gasteiger partial charge in [-0.2, -0.15) is 4.21 Å². The van der Waals surface area contributed by atoms with Crippen molar-refractivity contribution in [2.24, 2.45) is 0 Å². The highest BCUT2D eigenvalue weighted by Gasteiger charge is 2.09. The van der Waals surface area contributed by atoms with E-state index in [1.165, 1.54) is 23.5 Å². The van der Waals surface area contributed by atoms with E-state index in [0.717, 1.165) is 0 Å². The van der Waals surface area contributed by atoms with Gasteiger partial charge < -0.3 is 9.29 Å². The van der Waals surface area contributed by atoms with Crippen LogP contribution in [0.4, 0.5) is 5.69 Å². The van der Waals surface area contributed by atoms with E-state index in [0.29, 0.717) is 10.8 Å². The number of aromatic hydroxyl groups is 1. The molecule has 0 aliphatic carbocycles. The van der Waals surface area contributed by atoms with E-state index >= 15 is 0 Å². The summed E-state index contributed by atoms with van der Waals surface area (Å²) in [6, 6.07) is 6.28. The first-order chi connectivity index (χ1) is 8.56. The zero-order valence-corrected chi connectivity index (χ0v) is 11.9. The average Bonchev–Trinajstić information content (AvgIpc) is 2.78. The van der Waals surface area contributed by atoms with Gasteiger partial charge in [-0.25, -0.2) is 0 Å². The van der Waals surface area contributed by atoms with Gasteiger partial charge >= 0.3 is 11.3 Å². The van der Waals surface area contributed by atoms with Gasteiger partial charge in [0.2, 0.25) is 0 Å². The third-order valence-electron chi connectivity index (χ3n) is 1.87. The van der Waals surface area contributed by atoms with Crippen molar-refractivity contribution in [3.63, 3.8) is 0 Å². The molecule has 0 bridgehead atoms. The Balaban J connectivity index is 2.07.